The Hall–Kier alpha value is -3.21. The Bertz CT molecular complexity index is 910. The van der Waals surface area contributed by atoms with E-state index >= 15 is 0 Å². The molecule has 1 atom stereocenters. The van der Waals surface area contributed by atoms with Gasteiger partial charge in [0.2, 0.25) is 0 Å². The van der Waals surface area contributed by atoms with Gasteiger partial charge in [-0.05, 0) is 24.8 Å². The molecule has 6 amide bonds. The fourth-order valence-electron chi connectivity index (χ4n) is 3.22. The van der Waals surface area contributed by atoms with Crippen LogP contribution in [0.3, 0.4) is 0 Å². The molecule has 2 aliphatic heterocycles. The molecule has 0 aromatic carbocycles. The number of urea groups is 2. The first-order chi connectivity index (χ1) is 14.4. The molecule has 10 nitrogen and oxygen atoms in total. The van der Waals surface area contributed by atoms with Crippen LogP contribution in [-0.4, -0.2) is 59.3 Å². The van der Waals surface area contributed by atoms with Crippen LogP contribution < -0.4 is 10.6 Å². The van der Waals surface area contributed by atoms with Crippen molar-refractivity contribution in [3.8, 4) is 0 Å². The zero-order valence-corrected chi connectivity index (χ0v) is 17.4. The number of esters is 1. The van der Waals surface area contributed by atoms with Crippen LogP contribution >= 0.6 is 11.3 Å². The Morgan fingerprint density at radius 2 is 1.90 bits per heavy atom. The lowest BCUT2D eigenvalue weighted by molar-refractivity contribution is -0.143. The molecule has 0 saturated carbocycles. The van der Waals surface area contributed by atoms with Crippen LogP contribution in [0.1, 0.15) is 37.6 Å². The van der Waals surface area contributed by atoms with E-state index in [0.29, 0.717) is 11.3 Å². The van der Waals surface area contributed by atoms with Gasteiger partial charge in [-0.3, -0.25) is 14.5 Å². The molecule has 1 aromatic heterocycles. The molecular weight excluding hydrogens is 412 g/mol. The second-order valence-corrected chi connectivity index (χ2v) is 7.62. The minimum Gasteiger partial charge on any atom is -0.463 e. The van der Waals surface area contributed by atoms with Gasteiger partial charge in [0.1, 0.15) is 0 Å². The lowest BCUT2D eigenvalue weighted by Crippen LogP contribution is -2.49. The maximum atomic E-state index is 12.7. The van der Waals surface area contributed by atoms with Gasteiger partial charge in [-0.15, -0.1) is 11.3 Å². The number of unbranched alkanes of at least 4 members (excludes halogenated alkanes) is 1. The molecule has 1 unspecified atom stereocenters. The van der Waals surface area contributed by atoms with Gasteiger partial charge in [0, 0.05) is 11.4 Å². The molecule has 11 heteroatoms. The van der Waals surface area contributed by atoms with E-state index in [0.717, 1.165) is 16.2 Å². The number of carbonyl (C=O) groups is 5. The molecule has 0 spiro atoms. The third kappa shape index (κ3) is 4.06. The highest BCUT2D eigenvalue weighted by Crippen LogP contribution is 2.31. The van der Waals surface area contributed by atoms with Crippen molar-refractivity contribution in [3.05, 3.63) is 33.7 Å². The van der Waals surface area contributed by atoms with Crippen LogP contribution in [0.5, 0.6) is 0 Å². The largest absolute Gasteiger partial charge is 0.463 e. The summed E-state index contributed by atoms with van der Waals surface area (Å²) in [5.41, 5.74) is 0.126. The molecule has 0 bridgehead atoms. The zero-order valence-electron chi connectivity index (χ0n) is 16.6. The summed E-state index contributed by atoms with van der Waals surface area (Å²) in [4.78, 5) is 64.5. The first-order valence-corrected chi connectivity index (χ1v) is 10.4. The normalized spacial score (nSPS) is 19.3. The second-order valence-electron chi connectivity index (χ2n) is 6.64. The Kier molecular flexibility index (Phi) is 6.50. The Balaban J connectivity index is 1.97. The van der Waals surface area contributed by atoms with Gasteiger partial charge in [0.25, 0.3) is 0 Å². The first-order valence-electron chi connectivity index (χ1n) is 9.57. The molecule has 1 saturated heterocycles. The number of imide groups is 2. The van der Waals surface area contributed by atoms with Crippen molar-refractivity contribution < 1.29 is 28.7 Å². The van der Waals surface area contributed by atoms with E-state index in [4.69, 9.17) is 4.74 Å². The third-order valence-electron chi connectivity index (χ3n) is 4.66. The summed E-state index contributed by atoms with van der Waals surface area (Å²) in [6, 6.07) is 1.36. The quantitative estimate of drug-likeness (QED) is 0.363. The van der Waals surface area contributed by atoms with Crippen LogP contribution in [0.4, 0.5) is 9.59 Å². The summed E-state index contributed by atoms with van der Waals surface area (Å²) in [5, 5.41) is 6.96. The topological polar surface area (TPSA) is 125 Å². The van der Waals surface area contributed by atoms with Crippen molar-refractivity contribution in [1.29, 1.82) is 0 Å². The van der Waals surface area contributed by atoms with Crippen molar-refractivity contribution in [2.45, 2.75) is 32.7 Å². The highest BCUT2D eigenvalue weighted by atomic mass is 32.1. The van der Waals surface area contributed by atoms with Crippen molar-refractivity contribution >= 4 is 41.2 Å². The number of hydrogen-bond donors (Lipinski definition) is 2. The number of thiophene rings is 1. The van der Waals surface area contributed by atoms with Crippen molar-refractivity contribution in [2.75, 3.05) is 19.7 Å². The molecule has 160 valence electrons. The fraction of sp³-hybridized carbons (Fsp3) is 0.421. The molecular formula is C19H22N4O6S. The van der Waals surface area contributed by atoms with Crippen LogP contribution in [-0.2, 0) is 19.1 Å². The Labute approximate surface area is 176 Å². The highest BCUT2D eigenvalue weighted by Gasteiger charge is 2.45. The lowest BCUT2D eigenvalue weighted by Gasteiger charge is -2.29. The van der Waals surface area contributed by atoms with E-state index in [9.17, 15) is 24.0 Å². The van der Waals surface area contributed by atoms with Gasteiger partial charge in [-0.25, -0.2) is 19.3 Å². The maximum Gasteiger partial charge on any atom is 0.338 e. The van der Waals surface area contributed by atoms with E-state index < -0.39 is 42.4 Å². The second kappa shape index (κ2) is 9.08. The third-order valence-corrected chi connectivity index (χ3v) is 5.60. The van der Waals surface area contributed by atoms with E-state index in [2.05, 4.69) is 10.6 Å². The van der Waals surface area contributed by atoms with E-state index in [-0.39, 0.29) is 24.4 Å². The molecule has 0 aliphatic carbocycles. The minimum atomic E-state index is -0.993. The molecule has 3 heterocycles. The highest BCUT2D eigenvalue weighted by molar-refractivity contribution is 7.10. The first kappa shape index (κ1) is 21.5. The molecule has 0 radical (unpaired) electrons. The average Bonchev–Trinajstić information content (AvgIpc) is 3.31. The smallest absolute Gasteiger partial charge is 0.338 e. The van der Waals surface area contributed by atoms with Crippen LogP contribution in [0.2, 0.25) is 0 Å². The van der Waals surface area contributed by atoms with Crippen molar-refractivity contribution in [3.63, 3.8) is 0 Å². The lowest BCUT2D eigenvalue weighted by atomic mass is 10.0. The van der Waals surface area contributed by atoms with Gasteiger partial charge in [-0.1, -0.05) is 19.4 Å². The average molecular weight is 434 g/mol. The summed E-state index contributed by atoms with van der Waals surface area (Å²) >= 11 is 1.33. The Morgan fingerprint density at radius 3 is 2.53 bits per heavy atom. The SMILES string of the molecule is CCCCN1C(=O)C(=O)N(CC2=C(C(=O)OCC)C(c3cccs3)NC(=O)N2)C1=O. The molecule has 2 N–H and O–H groups in total. The number of amides is 6. The standard InChI is InChI=1S/C19H22N4O6S/c1-3-5-8-22-15(24)16(25)23(19(22)28)10-11-13(17(26)29-4-2)14(21-18(27)20-11)12-7-6-9-30-12/h6-7,9,14H,3-5,8,10H2,1-2H3,(H2,20,21,27). The number of nitrogens with zero attached hydrogens (tertiary/aromatic N) is 2. The molecule has 2 aliphatic rings. The van der Waals surface area contributed by atoms with E-state index in [1.54, 1.807) is 24.4 Å². The summed E-state index contributed by atoms with van der Waals surface area (Å²) in [6.07, 6.45) is 1.31. The van der Waals surface area contributed by atoms with Gasteiger partial charge >= 0.3 is 29.8 Å². The van der Waals surface area contributed by atoms with Gasteiger partial charge in [0.15, 0.2) is 0 Å². The zero-order chi connectivity index (χ0) is 21.8. The number of nitrogens with one attached hydrogen (secondary N) is 2. The fourth-order valence-corrected chi connectivity index (χ4v) is 4.01. The van der Waals surface area contributed by atoms with E-state index in [1.165, 1.54) is 11.3 Å². The molecule has 30 heavy (non-hydrogen) atoms. The van der Waals surface area contributed by atoms with Gasteiger partial charge in [-0.2, -0.15) is 0 Å². The van der Waals surface area contributed by atoms with Crippen LogP contribution in [0.25, 0.3) is 0 Å². The predicted molar refractivity (Wildman–Crippen MR) is 106 cm³/mol. The summed E-state index contributed by atoms with van der Waals surface area (Å²) in [6.45, 7) is 3.36. The Morgan fingerprint density at radius 1 is 1.17 bits per heavy atom. The maximum absolute atomic E-state index is 12.7. The molecule has 1 fully saturated rings. The number of hydrogen-bond acceptors (Lipinski definition) is 7. The summed E-state index contributed by atoms with van der Waals surface area (Å²) in [5.74, 6) is -2.60. The van der Waals surface area contributed by atoms with Crippen molar-refractivity contribution in [1.82, 2.24) is 20.4 Å². The van der Waals surface area contributed by atoms with Crippen LogP contribution in [0, 0.1) is 0 Å². The summed E-state index contributed by atoms with van der Waals surface area (Å²) < 4.78 is 5.14. The predicted octanol–water partition coefficient (Wildman–Crippen LogP) is 1.51. The molecule has 3 rings (SSSR count). The number of ether oxygens (including phenoxy) is 1. The van der Waals surface area contributed by atoms with Gasteiger partial charge in [0.05, 0.1) is 30.5 Å². The van der Waals surface area contributed by atoms with Gasteiger partial charge < -0.3 is 15.4 Å². The summed E-state index contributed by atoms with van der Waals surface area (Å²) in [7, 11) is 0. The number of carbonyl (C=O) groups excluding carboxylic acids is 5. The monoisotopic (exact) mass is 434 g/mol. The van der Waals surface area contributed by atoms with Crippen molar-refractivity contribution in [2.24, 2.45) is 0 Å². The minimum absolute atomic E-state index is 0.0439. The van der Waals surface area contributed by atoms with Crippen LogP contribution in [0.15, 0.2) is 28.8 Å². The number of rotatable bonds is 8. The molecule has 1 aromatic rings. The van der Waals surface area contributed by atoms with E-state index in [1.807, 2.05) is 6.92 Å².